The van der Waals surface area contributed by atoms with E-state index >= 15 is 0 Å². The summed E-state index contributed by atoms with van der Waals surface area (Å²) in [5.74, 6) is -0.178. The standard InChI is InChI=1S/C15H22BrNO2S/c1-3-10-4-5-13(15(18)19)14(6-10)17(2)8-12-7-11(16)9-20-12/h7,9-10,13-14H,3-6,8H2,1-2H3,(H,18,19). The average molecular weight is 360 g/mol. The van der Waals surface area contributed by atoms with Crippen LogP contribution in [0, 0.1) is 11.8 Å². The average Bonchev–Trinajstić information content (AvgIpc) is 2.83. The molecule has 112 valence electrons. The number of nitrogens with zero attached hydrogens (tertiary/aromatic N) is 1. The van der Waals surface area contributed by atoms with Crippen molar-refractivity contribution in [3.8, 4) is 0 Å². The number of thiophene rings is 1. The monoisotopic (exact) mass is 359 g/mol. The summed E-state index contributed by atoms with van der Waals surface area (Å²) in [6.45, 7) is 3.04. The lowest BCUT2D eigenvalue weighted by atomic mass is 9.76. The zero-order valence-corrected chi connectivity index (χ0v) is 14.4. The van der Waals surface area contributed by atoms with Crippen LogP contribution < -0.4 is 0 Å². The van der Waals surface area contributed by atoms with Gasteiger partial charge >= 0.3 is 5.97 Å². The molecule has 1 aliphatic rings. The third-order valence-electron chi connectivity index (χ3n) is 4.41. The first kappa shape index (κ1) is 16.0. The minimum absolute atomic E-state index is 0.159. The lowest BCUT2D eigenvalue weighted by Gasteiger charge is -2.39. The largest absolute Gasteiger partial charge is 0.481 e. The van der Waals surface area contributed by atoms with Crippen molar-refractivity contribution in [2.24, 2.45) is 11.8 Å². The van der Waals surface area contributed by atoms with E-state index in [9.17, 15) is 9.90 Å². The molecule has 0 aromatic carbocycles. The van der Waals surface area contributed by atoms with Crippen LogP contribution in [-0.2, 0) is 11.3 Å². The molecule has 3 atom stereocenters. The predicted molar refractivity (Wildman–Crippen MR) is 86.0 cm³/mol. The van der Waals surface area contributed by atoms with E-state index in [1.165, 1.54) is 4.88 Å². The van der Waals surface area contributed by atoms with Crippen LogP contribution in [0.3, 0.4) is 0 Å². The van der Waals surface area contributed by atoms with Crippen molar-refractivity contribution in [1.29, 1.82) is 0 Å². The van der Waals surface area contributed by atoms with Gasteiger partial charge in [-0.2, -0.15) is 0 Å². The molecule has 0 bridgehead atoms. The summed E-state index contributed by atoms with van der Waals surface area (Å²) in [5.41, 5.74) is 0. The van der Waals surface area contributed by atoms with Crippen molar-refractivity contribution < 1.29 is 9.90 Å². The Morgan fingerprint density at radius 3 is 2.85 bits per heavy atom. The second-order valence-electron chi connectivity index (χ2n) is 5.75. The third kappa shape index (κ3) is 3.83. The summed E-state index contributed by atoms with van der Waals surface area (Å²) in [6.07, 6.45) is 4.04. The van der Waals surface area contributed by atoms with E-state index in [2.05, 4.69) is 46.2 Å². The van der Waals surface area contributed by atoms with Crippen molar-refractivity contribution in [3.05, 3.63) is 20.8 Å². The van der Waals surface area contributed by atoms with Gasteiger partial charge in [-0.05, 0) is 54.2 Å². The SMILES string of the molecule is CCC1CCC(C(=O)O)C(N(C)Cc2cc(Br)cs2)C1. The quantitative estimate of drug-likeness (QED) is 0.855. The number of rotatable bonds is 5. The molecule has 3 nitrogen and oxygen atoms in total. The van der Waals surface area contributed by atoms with Gasteiger partial charge in [0.1, 0.15) is 0 Å². The normalized spacial score (nSPS) is 26.9. The second-order valence-corrected chi connectivity index (χ2v) is 7.66. The number of halogens is 1. The van der Waals surface area contributed by atoms with Gasteiger partial charge < -0.3 is 5.11 Å². The number of aliphatic carboxylic acids is 1. The van der Waals surface area contributed by atoms with Crippen LogP contribution in [0.2, 0.25) is 0 Å². The van der Waals surface area contributed by atoms with Crippen molar-refractivity contribution in [1.82, 2.24) is 4.90 Å². The van der Waals surface area contributed by atoms with E-state index in [4.69, 9.17) is 0 Å². The fourth-order valence-electron chi connectivity index (χ4n) is 3.18. The molecule has 1 aliphatic carbocycles. The molecule has 3 unspecified atom stereocenters. The molecule has 2 rings (SSSR count). The Labute approximate surface area is 133 Å². The maximum Gasteiger partial charge on any atom is 0.308 e. The van der Waals surface area contributed by atoms with E-state index < -0.39 is 5.97 Å². The number of hydrogen-bond donors (Lipinski definition) is 1. The van der Waals surface area contributed by atoms with Crippen LogP contribution in [0.1, 0.15) is 37.5 Å². The molecule has 1 saturated carbocycles. The first-order valence-electron chi connectivity index (χ1n) is 7.17. The molecule has 0 spiro atoms. The molecule has 0 aliphatic heterocycles. The fraction of sp³-hybridized carbons (Fsp3) is 0.667. The van der Waals surface area contributed by atoms with E-state index in [0.29, 0.717) is 5.92 Å². The van der Waals surface area contributed by atoms with Crippen molar-refractivity contribution in [2.75, 3.05) is 7.05 Å². The van der Waals surface area contributed by atoms with Gasteiger partial charge in [-0.3, -0.25) is 9.69 Å². The molecule has 1 heterocycles. The summed E-state index contributed by atoms with van der Waals surface area (Å²) < 4.78 is 1.11. The molecule has 1 aromatic heterocycles. The lowest BCUT2D eigenvalue weighted by Crippen LogP contribution is -2.45. The highest BCUT2D eigenvalue weighted by Gasteiger charge is 2.36. The highest BCUT2D eigenvalue weighted by molar-refractivity contribution is 9.10. The summed E-state index contributed by atoms with van der Waals surface area (Å²) in [5, 5.41) is 11.5. The van der Waals surface area contributed by atoms with Crippen LogP contribution in [0.5, 0.6) is 0 Å². The van der Waals surface area contributed by atoms with Crippen molar-refractivity contribution >= 4 is 33.2 Å². The van der Waals surface area contributed by atoms with E-state index in [1.54, 1.807) is 11.3 Å². The molecule has 0 amide bonds. The van der Waals surface area contributed by atoms with Gasteiger partial charge in [0, 0.05) is 27.3 Å². The highest BCUT2D eigenvalue weighted by Crippen LogP contribution is 2.35. The van der Waals surface area contributed by atoms with Crippen LogP contribution in [0.4, 0.5) is 0 Å². The Morgan fingerprint density at radius 2 is 2.30 bits per heavy atom. The Bertz CT molecular complexity index is 462. The van der Waals surface area contributed by atoms with Crippen LogP contribution in [0.15, 0.2) is 15.9 Å². The molecule has 5 heteroatoms. The number of carboxylic acids is 1. The Kier molecular flexibility index (Phi) is 5.64. The third-order valence-corrected chi connectivity index (χ3v) is 6.10. The first-order valence-corrected chi connectivity index (χ1v) is 8.84. The number of carboxylic acid groups (broad SMARTS) is 1. The molecule has 1 fully saturated rings. The van der Waals surface area contributed by atoms with E-state index in [-0.39, 0.29) is 12.0 Å². The second kappa shape index (κ2) is 7.05. The van der Waals surface area contributed by atoms with Gasteiger partial charge in [0.2, 0.25) is 0 Å². The van der Waals surface area contributed by atoms with Gasteiger partial charge in [-0.25, -0.2) is 0 Å². The maximum absolute atomic E-state index is 11.5. The van der Waals surface area contributed by atoms with E-state index in [1.807, 2.05) is 0 Å². The van der Waals surface area contributed by atoms with Crippen LogP contribution in [0.25, 0.3) is 0 Å². The Hall–Kier alpha value is -0.390. The van der Waals surface area contributed by atoms with Crippen LogP contribution in [-0.4, -0.2) is 29.1 Å². The number of hydrogen-bond acceptors (Lipinski definition) is 3. The summed E-state index contributed by atoms with van der Waals surface area (Å²) in [4.78, 5) is 15.0. The van der Waals surface area contributed by atoms with Gasteiger partial charge in [-0.15, -0.1) is 11.3 Å². The van der Waals surface area contributed by atoms with Gasteiger partial charge in [0.25, 0.3) is 0 Å². The summed E-state index contributed by atoms with van der Waals surface area (Å²) in [6, 6.07) is 2.28. The molecule has 0 saturated heterocycles. The summed E-state index contributed by atoms with van der Waals surface area (Å²) >= 11 is 5.19. The van der Waals surface area contributed by atoms with E-state index in [0.717, 1.165) is 36.7 Å². The predicted octanol–water partition coefficient (Wildman–Crippen LogP) is 4.22. The molecule has 1 N–H and O–H groups in total. The highest BCUT2D eigenvalue weighted by atomic mass is 79.9. The Balaban J connectivity index is 2.06. The maximum atomic E-state index is 11.5. The minimum Gasteiger partial charge on any atom is -0.481 e. The minimum atomic E-state index is -0.635. The van der Waals surface area contributed by atoms with Gasteiger partial charge in [-0.1, -0.05) is 13.3 Å². The van der Waals surface area contributed by atoms with Crippen molar-refractivity contribution in [2.45, 2.75) is 45.2 Å². The lowest BCUT2D eigenvalue weighted by molar-refractivity contribution is -0.146. The fourth-order valence-corrected chi connectivity index (χ4v) is 4.69. The molecular formula is C15H22BrNO2S. The van der Waals surface area contributed by atoms with Crippen molar-refractivity contribution in [3.63, 3.8) is 0 Å². The van der Waals surface area contributed by atoms with Gasteiger partial charge in [0.05, 0.1) is 5.92 Å². The van der Waals surface area contributed by atoms with Crippen LogP contribution >= 0.6 is 27.3 Å². The topological polar surface area (TPSA) is 40.5 Å². The molecule has 20 heavy (non-hydrogen) atoms. The molecule has 1 aromatic rings. The molecular weight excluding hydrogens is 338 g/mol. The smallest absolute Gasteiger partial charge is 0.308 e. The zero-order valence-electron chi connectivity index (χ0n) is 12.0. The molecule has 0 radical (unpaired) electrons. The Morgan fingerprint density at radius 1 is 1.55 bits per heavy atom. The zero-order chi connectivity index (χ0) is 14.7. The van der Waals surface area contributed by atoms with Gasteiger partial charge in [0.15, 0.2) is 0 Å². The first-order chi connectivity index (χ1) is 9.51. The number of carbonyl (C=O) groups is 1. The summed E-state index contributed by atoms with van der Waals surface area (Å²) in [7, 11) is 2.06.